The van der Waals surface area contributed by atoms with Crippen molar-refractivity contribution in [3.05, 3.63) is 0 Å². The van der Waals surface area contributed by atoms with Gasteiger partial charge in [0.05, 0.1) is 0 Å². The van der Waals surface area contributed by atoms with Gasteiger partial charge in [0.25, 0.3) is 0 Å². The minimum atomic E-state index is -7.91. The normalized spacial score (nSPS) is 19.1. The van der Waals surface area contributed by atoms with E-state index in [1.54, 1.807) is 0 Å². The average Bonchev–Trinajstić information content (AvgIpc) is 2.33. The molecule has 0 rings (SSSR count). The van der Waals surface area contributed by atoms with Crippen molar-refractivity contribution in [2.45, 2.75) is 35.9 Å². The molecule has 0 saturated carbocycles. The lowest BCUT2D eigenvalue weighted by Crippen LogP contribution is -2.69. The smallest absolute Gasteiger partial charge is 0.261 e. The van der Waals surface area contributed by atoms with Crippen molar-refractivity contribution in [3.63, 3.8) is 0 Å². The van der Waals surface area contributed by atoms with Gasteiger partial charge in [0.15, 0.2) is 0 Å². The molecule has 2 atom stereocenters. The highest BCUT2D eigenvalue weighted by Gasteiger charge is 2.87. The fourth-order valence-electron chi connectivity index (χ4n) is 1.06. The Hall–Kier alpha value is -1.68. The molecule has 0 aromatic carbocycles. The van der Waals surface area contributed by atoms with Crippen LogP contribution in [0, 0.1) is 0 Å². The van der Waals surface area contributed by atoms with E-state index >= 15 is 0 Å². The van der Waals surface area contributed by atoms with E-state index in [1.165, 1.54) is 4.74 Å². The second kappa shape index (κ2) is 5.94. The Balaban J connectivity index is 6.40. The lowest BCUT2D eigenvalue weighted by molar-refractivity contribution is -0.462. The predicted molar refractivity (Wildman–Crippen MR) is 43.0 cm³/mol. The number of alkyl halides is 12. The standard InChI is InChI=1S/C8F14O3/c9-1(23)3(11,6(15,16)17)5(13,14)8(21,22)25-4(12,2(10)24)7(18,19)20. The summed E-state index contributed by atoms with van der Waals surface area (Å²) in [6.45, 7) is 0. The molecule has 0 aromatic rings. The summed E-state index contributed by atoms with van der Waals surface area (Å²) < 4.78 is 175. The van der Waals surface area contributed by atoms with Crippen LogP contribution in [0.25, 0.3) is 0 Å². The number of hydrogen-bond donors (Lipinski definition) is 0. The van der Waals surface area contributed by atoms with Crippen molar-refractivity contribution in [3.8, 4) is 0 Å². The first-order chi connectivity index (χ1) is 10.6. The molecule has 0 radical (unpaired) electrons. The maximum atomic E-state index is 13.0. The fraction of sp³-hybridized carbons (Fsp3) is 0.750. The highest BCUT2D eigenvalue weighted by molar-refractivity contribution is 5.81. The monoisotopic (exact) mass is 410 g/mol. The van der Waals surface area contributed by atoms with E-state index in [0.717, 1.165) is 0 Å². The zero-order chi connectivity index (χ0) is 20.9. The first-order valence-corrected chi connectivity index (χ1v) is 4.96. The zero-order valence-electron chi connectivity index (χ0n) is 10.5. The summed E-state index contributed by atoms with van der Waals surface area (Å²) >= 11 is 0. The molecule has 17 heteroatoms. The molecule has 0 aliphatic rings. The van der Waals surface area contributed by atoms with Crippen molar-refractivity contribution >= 4 is 12.1 Å². The van der Waals surface area contributed by atoms with Gasteiger partial charge in [-0.3, -0.25) is 14.3 Å². The van der Waals surface area contributed by atoms with Crippen LogP contribution in [0.2, 0.25) is 0 Å². The van der Waals surface area contributed by atoms with Gasteiger partial charge in [-0.15, -0.1) is 0 Å². The Morgan fingerprint density at radius 3 is 1.16 bits per heavy atom. The summed E-state index contributed by atoms with van der Waals surface area (Å²) in [5.41, 5.74) is -7.53. The van der Waals surface area contributed by atoms with Crippen molar-refractivity contribution in [1.82, 2.24) is 0 Å². The number of carbonyl (C=O) groups excluding carboxylic acids is 2. The number of ether oxygens (including phenoxy) is 1. The van der Waals surface area contributed by atoms with E-state index in [1.807, 2.05) is 0 Å². The molecule has 0 amide bonds. The zero-order valence-corrected chi connectivity index (χ0v) is 10.5. The van der Waals surface area contributed by atoms with E-state index < -0.39 is 48.0 Å². The van der Waals surface area contributed by atoms with Gasteiger partial charge >= 0.3 is 48.0 Å². The third kappa shape index (κ3) is 3.37. The van der Waals surface area contributed by atoms with Crippen molar-refractivity contribution in [1.29, 1.82) is 0 Å². The Kier molecular flexibility index (Phi) is 5.54. The van der Waals surface area contributed by atoms with Gasteiger partial charge in [0.1, 0.15) is 0 Å². The summed E-state index contributed by atoms with van der Waals surface area (Å²) in [4.78, 5) is 19.6. The quantitative estimate of drug-likeness (QED) is 0.496. The molecule has 0 bridgehead atoms. The number of rotatable bonds is 6. The molecule has 0 heterocycles. The summed E-state index contributed by atoms with van der Waals surface area (Å²) in [6.07, 6.45) is -22.4. The fourth-order valence-corrected chi connectivity index (χ4v) is 1.06. The molecule has 0 spiro atoms. The minimum Gasteiger partial charge on any atom is -0.261 e. The van der Waals surface area contributed by atoms with Crippen LogP contribution in [-0.4, -0.2) is 48.0 Å². The lowest BCUT2D eigenvalue weighted by Gasteiger charge is -2.37. The van der Waals surface area contributed by atoms with Crippen LogP contribution >= 0.6 is 0 Å². The van der Waals surface area contributed by atoms with E-state index in [4.69, 9.17) is 0 Å². The second-order valence-electron chi connectivity index (χ2n) is 3.99. The summed E-state index contributed by atoms with van der Waals surface area (Å²) in [5.74, 6) is -14.9. The van der Waals surface area contributed by atoms with Gasteiger partial charge in [-0.1, -0.05) is 0 Å². The molecule has 2 unspecified atom stereocenters. The van der Waals surface area contributed by atoms with E-state index in [0.29, 0.717) is 0 Å². The molecule has 0 fully saturated rings. The number of halogens is 14. The third-order valence-electron chi connectivity index (χ3n) is 2.35. The molecular formula is C8F14O3. The molecular weight excluding hydrogens is 410 g/mol. The van der Waals surface area contributed by atoms with Crippen LogP contribution in [0.4, 0.5) is 61.5 Å². The molecule has 0 aliphatic heterocycles. The Labute approximate surface area is 125 Å². The first-order valence-electron chi connectivity index (χ1n) is 4.96. The number of hydrogen-bond acceptors (Lipinski definition) is 3. The minimum absolute atomic E-state index is 1.45. The van der Waals surface area contributed by atoms with Crippen LogP contribution in [-0.2, 0) is 14.3 Å². The van der Waals surface area contributed by atoms with Crippen LogP contribution in [0.15, 0.2) is 0 Å². The summed E-state index contributed by atoms with van der Waals surface area (Å²) in [5, 5.41) is 0. The molecule has 0 aromatic heterocycles. The molecule has 0 aliphatic carbocycles. The van der Waals surface area contributed by atoms with Crippen molar-refractivity contribution in [2.75, 3.05) is 0 Å². The molecule has 3 nitrogen and oxygen atoms in total. The topological polar surface area (TPSA) is 43.4 Å². The van der Waals surface area contributed by atoms with Gasteiger partial charge < -0.3 is 0 Å². The van der Waals surface area contributed by atoms with Crippen LogP contribution in [0.5, 0.6) is 0 Å². The number of carbonyl (C=O) groups is 2. The van der Waals surface area contributed by atoms with Gasteiger partial charge in [0.2, 0.25) is 0 Å². The molecule has 0 saturated heterocycles. The lowest BCUT2D eigenvalue weighted by atomic mass is 9.96. The largest absolute Gasteiger partial charge is 0.459 e. The SMILES string of the molecule is O=C(F)C(F)(OC(F)(F)C(F)(F)C(F)(C(=O)F)C(F)(F)F)C(F)(F)F. The van der Waals surface area contributed by atoms with E-state index in [2.05, 4.69) is 0 Å². The van der Waals surface area contributed by atoms with Gasteiger partial charge in [-0.2, -0.15) is 57.1 Å². The van der Waals surface area contributed by atoms with Gasteiger partial charge in [-0.05, 0) is 0 Å². The molecule has 148 valence electrons. The van der Waals surface area contributed by atoms with E-state index in [9.17, 15) is 71.1 Å². The Bertz CT molecular complexity index is 549. The van der Waals surface area contributed by atoms with Gasteiger partial charge in [0, 0.05) is 0 Å². The Morgan fingerprint density at radius 1 is 0.600 bits per heavy atom. The van der Waals surface area contributed by atoms with Crippen LogP contribution in [0.3, 0.4) is 0 Å². The maximum Gasteiger partial charge on any atom is 0.459 e. The van der Waals surface area contributed by atoms with Crippen LogP contribution in [0.1, 0.15) is 0 Å². The van der Waals surface area contributed by atoms with Crippen molar-refractivity contribution in [2.24, 2.45) is 0 Å². The van der Waals surface area contributed by atoms with Crippen LogP contribution < -0.4 is 0 Å². The Morgan fingerprint density at radius 2 is 0.960 bits per heavy atom. The molecule has 0 N–H and O–H groups in total. The summed E-state index contributed by atoms with van der Waals surface area (Å²) in [6, 6.07) is -9.48. The molecule has 25 heavy (non-hydrogen) atoms. The highest BCUT2D eigenvalue weighted by atomic mass is 19.4. The second-order valence-corrected chi connectivity index (χ2v) is 3.99. The van der Waals surface area contributed by atoms with Gasteiger partial charge in [-0.25, -0.2) is 4.39 Å². The average molecular weight is 410 g/mol. The summed E-state index contributed by atoms with van der Waals surface area (Å²) in [7, 11) is 0. The van der Waals surface area contributed by atoms with Crippen molar-refractivity contribution < 1.29 is 75.8 Å². The maximum absolute atomic E-state index is 13.0. The highest BCUT2D eigenvalue weighted by Crippen LogP contribution is 2.55. The van der Waals surface area contributed by atoms with E-state index in [-0.39, 0.29) is 0 Å². The predicted octanol–water partition coefficient (Wildman–Crippen LogP) is 3.72. The third-order valence-corrected chi connectivity index (χ3v) is 2.35. The first kappa shape index (κ1) is 23.3.